The molecule has 1 aliphatic heterocycles. The first-order valence-corrected chi connectivity index (χ1v) is 8.39. The van der Waals surface area contributed by atoms with Gasteiger partial charge in [0.1, 0.15) is 13.2 Å². The smallest absolute Gasteiger partial charge is 0.161 e. The lowest BCUT2D eigenvalue weighted by molar-refractivity contribution is -0.912. The number of hydrogen-bond acceptors (Lipinski definition) is 2. The second kappa shape index (κ2) is 8.23. The number of benzene rings is 1. The summed E-state index contributed by atoms with van der Waals surface area (Å²) >= 11 is 0. The summed E-state index contributed by atoms with van der Waals surface area (Å²) < 4.78 is 11.4. The lowest BCUT2D eigenvalue weighted by Gasteiger charge is -2.31. The zero-order chi connectivity index (χ0) is 15.9. The van der Waals surface area contributed by atoms with E-state index in [9.17, 15) is 0 Å². The van der Waals surface area contributed by atoms with Crippen LogP contribution in [0.3, 0.4) is 0 Å². The Morgan fingerprint density at radius 2 is 1.91 bits per heavy atom. The third kappa shape index (κ3) is 4.77. The number of nitrogens with one attached hydrogen (secondary N) is 1. The summed E-state index contributed by atoms with van der Waals surface area (Å²) in [5.41, 5.74) is 1.14. The van der Waals surface area contributed by atoms with Gasteiger partial charge >= 0.3 is 0 Å². The van der Waals surface area contributed by atoms with Crippen LogP contribution in [0.4, 0.5) is 0 Å². The van der Waals surface area contributed by atoms with E-state index in [1.807, 2.05) is 25.1 Å². The number of ether oxygens (including phenoxy) is 2. The molecule has 1 aliphatic rings. The van der Waals surface area contributed by atoms with E-state index >= 15 is 0 Å². The normalized spacial score (nSPS) is 25.4. The number of rotatable bonds is 6. The topological polar surface area (TPSA) is 22.9 Å². The van der Waals surface area contributed by atoms with Gasteiger partial charge in [-0.25, -0.2) is 0 Å². The SMILES string of the molecule is C/C=C/c1ccc(OCC[NH+]2C[C@H](C)C[C@H](C)C2)c(OC)c1. The van der Waals surface area contributed by atoms with Crippen molar-refractivity contribution in [3.05, 3.63) is 29.8 Å². The first kappa shape index (κ1) is 16.9. The molecule has 1 heterocycles. The highest BCUT2D eigenvalue weighted by molar-refractivity contribution is 5.55. The molecule has 1 aromatic rings. The number of methoxy groups -OCH3 is 1. The third-order valence-corrected chi connectivity index (χ3v) is 4.34. The Morgan fingerprint density at radius 1 is 1.18 bits per heavy atom. The van der Waals surface area contributed by atoms with Crippen molar-refractivity contribution in [2.45, 2.75) is 27.2 Å². The molecule has 0 aliphatic carbocycles. The van der Waals surface area contributed by atoms with Gasteiger partial charge in [0.25, 0.3) is 0 Å². The predicted molar refractivity (Wildman–Crippen MR) is 91.7 cm³/mol. The lowest BCUT2D eigenvalue weighted by Crippen LogP contribution is -3.14. The number of piperidine rings is 1. The summed E-state index contributed by atoms with van der Waals surface area (Å²) in [7, 11) is 1.70. The highest BCUT2D eigenvalue weighted by atomic mass is 16.5. The molecule has 0 aromatic heterocycles. The van der Waals surface area contributed by atoms with Gasteiger partial charge in [-0.2, -0.15) is 0 Å². The van der Waals surface area contributed by atoms with Crippen molar-refractivity contribution in [2.24, 2.45) is 11.8 Å². The quantitative estimate of drug-likeness (QED) is 0.873. The van der Waals surface area contributed by atoms with E-state index in [-0.39, 0.29) is 0 Å². The summed E-state index contributed by atoms with van der Waals surface area (Å²) in [5.74, 6) is 3.31. The Labute approximate surface area is 134 Å². The third-order valence-electron chi connectivity index (χ3n) is 4.34. The molecule has 3 atom stereocenters. The second-order valence-corrected chi connectivity index (χ2v) is 6.61. The van der Waals surface area contributed by atoms with Crippen molar-refractivity contribution in [2.75, 3.05) is 33.4 Å². The molecular weight excluding hydrogens is 274 g/mol. The monoisotopic (exact) mass is 304 g/mol. The zero-order valence-electron chi connectivity index (χ0n) is 14.4. The van der Waals surface area contributed by atoms with Crippen molar-refractivity contribution in [3.8, 4) is 11.5 Å². The van der Waals surface area contributed by atoms with Gasteiger partial charge in [-0.3, -0.25) is 0 Å². The van der Waals surface area contributed by atoms with Gasteiger partial charge in [-0.1, -0.05) is 32.1 Å². The zero-order valence-corrected chi connectivity index (χ0v) is 14.4. The fraction of sp³-hybridized carbons (Fsp3) is 0.579. The molecule has 1 fully saturated rings. The molecule has 0 bridgehead atoms. The van der Waals surface area contributed by atoms with E-state index in [1.54, 1.807) is 12.0 Å². The molecule has 0 radical (unpaired) electrons. The van der Waals surface area contributed by atoms with Crippen molar-refractivity contribution >= 4 is 6.08 Å². The molecule has 0 spiro atoms. The fourth-order valence-corrected chi connectivity index (χ4v) is 3.53. The van der Waals surface area contributed by atoms with Crippen molar-refractivity contribution in [1.29, 1.82) is 0 Å². The molecule has 0 amide bonds. The van der Waals surface area contributed by atoms with Crippen LogP contribution >= 0.6 is 0 Å². The maximum absolute atomic E-state index is 5.96. The predicted octanol–water partition coefficient (Wildman–Crippen LogP) is 2.67. The Kier molecular flexibility index (Phi) is 6.32. The largest absolute Gasteiger partial charge is 0.493 e. The molecule has 3 heteroatoms. The Morgan fingerprint density at radius 3 is 2.55 bits per heavy atom. The Balaban J connectivity index is 1.88. The molecule has 3 nitrogen and oxygen atoms in total. The van der Waals surface area contributed by atoms with Crippen LogP contribution in [0.2, 0.25) is 0 Å². The minimum atomic E-state index is 0.744. The molecular formula is C19H30NO2+. The van der Waals surface area contributed by atoms with Gasteiger partial charge in [0.2, 0.25) is 0 Å². The van der Waals surface area contributed by atoms with Crippen molar-refractivity contribution in [1.82, 2.24) is 0 Å². The van der Waals surface area contributed by atoms with Crippen LogP contribution in [-0.2, 0) is 0 Å². The average molecular weight is 304 g/mol. The molecule has 1 unspecified atom stereocenters. The Bertz CT molecular complexity index is 488. The van der Waals surface area contributed by atoms with Gasteiger partial charge in [-0.15, -0.1) is 0 Å². The molecule has 122 valence electrons. The van der Waals surface area contributed by atoms with Crippen LogP contribution < -0.4 is 14.4 Å². The minimum absolute atomic E-state index is 0.744. The molecule has 1 aromatic carbocycles. The summed E-state index contributed by atoms with van der Waals surface area (Å²) in [6.45, 7) is 11.1. The van der Waals surface area contributed by atoms with Gasteiger partial charge in [-0.05, 0) is 31.0 Å². The molecule has 1 N–H and O–H groups in total. The summed E-state index contributed by atoms with van der Waals surface area (Å²) in [4.78, 5) is 1.66. The van der Waals surface area contributed by atoms with E-state index in [1.165, 1.54) is 19.5 Å². The first-order chi connectivity index (χ1) is 10.6. The highest BCUT2D eigenvalue weighted by Gasteiger charge is 2.24. The average Bonchev–Trinajstić information content (AvgIpc) is 2.48. The van der Waals surface area contributed by atoms with Crippen LogP contribution in [0, 0.1) is 11.8 Å². The van der Waals surface area contributed by atoms with Gasteiger partial charge in [0.15, 0.2) is 11.5 Å². The summed E-state index contributed by atoms with van der Waals surface area (Å²) in [6.07, 6.45) is 5.45. The van der Waals surface area contributed by atoms with Crippen LogP contribution in [0.1, 0.15) is 32.8 Å². The van der Waals surface area contributed by atoms with Crippen LogP contribution in [0.25, 0.3) is 6.08 Å². The van der Waals surface area contributed by atoms with E-state index < -0.39 is 0 Å². The van der Waals surface area contributed by atoms with E-state index in [0.717, 1.165) is 42.0 Å². The number of hydrogen-bond donors (Lipinski definition) is 1. The molecule has 0 saturated carbocycles. The van der Waals surface area contributed by atoms with Gasteiger partial charge < -0.3 is 14.4 Å². The van der Waals surface area contributed by atoms with Crippen LogP contribution in [0.5, 0.6) is 11.5 Å². The summed E-state index contributed by atoms with van der Waals surface area (Å²) in [5, 5.41) is 0. The Hall–Kier alpha value is -1.48. The van der Waals surface area contributed by atoms with E-state index in [2.05, 4.69) is 26.0 Å². The molecule has 1 saturated heterocycles. The fourth-order valence-electron chi connectivity index (χ4n) is 3.53. The maximum atomic E-state index is 5.96. The van der Waals surface area contributed by atoms with Crippen LogP contribution in [-0.4, -0.2) is 33.4 Å². The van der Waals surface area contributed by atoms with Gasteiger partial charge in [0, 0.05) is 11.8 Å². The van der Waals surface area contributed by atoms with E-state index in [4.69, 9.17) is 9.47 Å². The summed E-state index contributed by atoms with van der Waals surface area (Å²) in [6, 6.07) is 6.09. The van der Waals surface area contributed by atoms with Crippen molar-refractivity contribution in [3.63, 3.8) is 0 Å². The van der Waals surface area contributed by atoms with Crippen molar-refractivity contribution < 1.29 is 14.4 Å². The molecule has 2 rings (SSSR count). The van der Waals surface area contributed by atoms with Crippen LogP contribution in [0.15, 0.2) is 24.3 Å². The highest BCUT2D eigenvalue weighted by Crippen LogP contribution is 2.28. The first-order valence-electron chi connectivity index (χ1n) is 8.39. The van der Waals surface area contributed by atoms with Gasteiger partial charge in [0.05, 0.1) is 20.2 Å². The number of quaternary nitrogens is 1. The standard InChI is InChI=1S/C19H29NO2/c1-5-6-17-7-8-18(19(12-17)21-4)22-10-9-20-13-15(2)11-16(3)14-20/h5-8,12,15-16H,9-11,13-14H2,1-4H3/p+1/b6-5+/t15-,16+. The molecule has 22 heavy (non-hydrogen) atoms. The maximum Gasteiger partial charge on any atom is 0.161 e. The second-order valence-electron chi connectivity index (χ2n) is 6.61. The number of allylic oxidation sites excluding steroid dienone is 1. The minimum Gasteiger partial charge on any atom is -0.493 e. The lowest BCUT2D eigenvalue weighted by atomic mass is 9.92. The van der Waals surface area contributed by atoms with E-state index in [0.29, 0.717) is 0 Å². The number of likely N-dealkylation sites (tertiary alicyclic amines) is 1.